The number of nitrogens with zero attached hydrogens (tertiary/aromatic N) is 4. The fourth-order valence-electron chi connectivity index (χ4n) is 6.80. The van der Waals surface area contributed by atoms with Crippen LogP contribution in [0.5, 0.6) is 0 Å². The molecule has 0 saturated carbocycles. The Morgan fingerprint density at radius 1 is 1.30 bits per heavy atom. The van der Waals surface area contributed by atoms with Gasteiger partial charge in [0.15, 0.2) is 5.82 Å². The summed E-state index contributed by atoms with van der Waals surface area (Å²) in [6.45, 7) is 4.85. The van der Waals surface area contributed by atoms with E-state index in [0.29, 0.717) is 35.7 Å². The van der Waals surface area contributed by atoms with E-state index in [4.69, 9.17) is 21.3 Å². The quantitative estimate of drug-likeness (QED) is 0.505. The highest BCUT2D eigenvalue weighted by atomic mass is 35.5. The van der Waals surface area contributed by atoms with Gasteiger partial charge in [-0.3, -0.25) is 4.79 Å². The lowest BCUT2D eigenvalue weighted by Crippen LogP contribution is -2.33. The third-order valence-corrected chi connectivity index (χ3v) is 8.62. The molecule has 4 aliphatic rings. The summed E-state index contributed by atoms with van der Waals surface area (Å²) in [5.74, 6) is 1.63. The largest absolute Gasteiger partial charge is 0.469 e. The number of hydrogen-bond donors (Lipinski definition) is 1. The van der Waals surface area contributed by atoms with E-state index in [1.165, 1.54) is 42.3 Å². The number of rotatable bonds is 5. The summed E-state index contributed by atoms with van der Waals surface area (Å²) in [6, 6.07) is 4.55. The summed E-state index contributed by atoms with van der Waals surface area (Å²) >= 11 is 6.69. The van der Waals surface area contributed by atoms with Crippen LogP contribution in [-0.4, -0.2) is 48.1 Å². The molecule has 0 amide bonds. The number of carbonyl (C=O) groups is 1. The number of anilines is 3. The van der Waals surface area contributed by atoms with Crippen molar-refractivity contribution in [3.63, 3.8) is 0 Å². The van der Waals surface area contributed by atoms with Gasteiger partial charge in [-0.15, -0.1) is 0 Å². The molecule has 0 saturated heterocycles. The molecule has 2 aliphatic carbocycles. The molecule has 7 nitrogen and oxygen atoms in total. The Balaban J connectivity index is 1.32. The fraction of sp³-hybridized carbons (Fsp3) is 0.483. The Labute approximate surface area is 223 Å². The van der Waals surface area contributed by atoms with Gasteiger partial charge in [0.05, 0.1) is 19.7 Å². The molecule has 1 aromatic heterocycles. The molecule has 1 N–H and O–H groups in total. The zero-order valence-corrected chi connectivity index (χ0v) is 22.6. The SMILES string of the molecule is COC(=O)CC1(C)CN(c2nc(Nc3cc4c5c(c3)CN(C)CC5CCC4)ncc2Cl)C2=C1C=CCC2. The number of aromatic nitrogens is 2. The van der Waals surface area contributed by atoms with Crippen LogP contribution in [-0.2, 0) is 22.5 Å². The summed E-state index contributed by atoms with van der Waals surface area (Å²) in [4.78, 5) is 26.3. The van der Waals surface area contributed by atoms with Crippen molar-refractivity contribution >= 4 is 35.0 Å². The Morgan fingerprint density at radius 2 is 2.14 bits per heavy atom. The molecule has 37 heavy (non-hydrogen) atoms. The molecule has 2 aromatic rings. The van der Waals surface area contributed by atoms with Gasteiger partial charge in [-0.2, -0.15) is 4.98 Å². The van der Waals surface area contributed by atoms with Crippen LogP contribution >= 0.6 is 11.6 Å². The molecule has 0 spiro atoms. The molecular weight excluding hydrogens is 486 g/mol. The Bertz CT molecular complexity index is 1320. The molecule has 194 valence electrons. The van der Waals surface area contributed by atoms with Crippen LogP contribution in [0.3, 0.4) is 0 Å². The van der Waals surface area contributed by atoms with Gasteiger partial charge in [0, 0.05) is 36.4 Å². The second-order valence-corrected chi connectivity index (χ2v) is 11.6. The molecule has 2 unspecified atom stereocenters. The zero-order valence-electron chi connectivity index (χ0n) is 21.8. The van der Waals surface area contributed by atoms with E-state index in [-0.39, 0.29) is 11.4 Å². The number of halogens is 1. The van der Waals surface area contributed by atoms with E-state index in [1.807, 2.05) is 0 Å². The van der Waals surface area contributed by atoms with Gasteiger partial charge in [0.1, 0.15) is 5.02 Å². The van der Waals surface area contributed by atoms with E-state index < -0.39 is 0 Å². The number of esters is 1. The second-order valence-electron chi connectivity index (χ2n) is 11.2. The normalized spacial score (nSPS) is 24.6. The van der Waals surface area contributed by atoms with E-state index in [2.05, 4.69) is 58.4 Å². The van der Waals surface area contributed by atoms with E-state index in [9.17, 15) is 4.79 Å². The lowest BCUT2D eigenvalue weighted by Gasteiger charge is -2.37. The highest BCUT2D eigenvalue weighted by Gasteiger charge is 2.43. The summed E-state index contributed by atoms with van der Waals surface area (Å²) in [5.41, 5.74) is 7.43. The minimum Gasteiger partial charge on any atom is -0.469 e. The topological polar surface area (TPSA) is 70.6 Å². The van der Waals surface area contributed by atoms with Gasteiger partial charge in [0.2, 0.25) is 5.95 Å². The van der Waals surface area contributed by atoms with Crippen LogP contribution in [0.25, 0.3) is 0 Å². The van der Waals surface area contributed by atoms with E-state index in [1.54, 1.807) is 11.8 Å². The molecule has 8 heteroatoms. The molecule has 2 atom stereocenters. The maximum atomic E-state index is 12.3. The molecule has 0 radical (unpaired) electrons. The van der Waals surface area contributed by atoms with Crippen molar-refractivity contribution in [1.29, 1.82) is 0 Å². The minimum absolute atomic E-state index is 0.212. The summed E-state index contributed by atoms with van der Waals surface area (Å²) in [7, 11) is 3.65. The number of aryl methyl sites for hydroxylation is 1. The number of hydrogen-bond acceptors (Lipinski definition) is 7. The second kappa shape index (κ2) is 9.44. The maximum Gasteiger partial charge on any atom is 0.306 e. The average Bonchev–Trinajstić information content (AvgIpc) is 3.17. The fourth-order valence-corrected chi connectivity index (χ4v) is 7.00. The lowest BCUT2D eigenvalue weighted by atomic mass is 9.77. The van der Waals surface area contributed by atoms with Crippen LogP contribution in [0.2, 0.25) is 5.02 Å². The summed E-state index contributed by atoms with van der Waals surface area (Å²) < 4.78 is 5.01. The third kappa shape index (κ3) is 4.42. The monoisotopic (exact) mass is 519 g/mol. The van der Waals surface area contributed by atoms with E-state index in [0.717, 1.165) is 38.0 Å². The van der Waals surface area contributed by atoms with Crippen LogP contribution in [0.15, 0.2) is 41.8 Å². The van der Waals surface area contributed by atoms with Crippen molar-refractivity contribution in [3.05, 3.63) is 63.5 Å². The van der Waals surface area contributed by atoms with Crippen LogP contribution < -0.4 is 10.2 Å². The Hall–Kier alpha value is -2.90. The predicted molar refractivity (Wildman–Crippen MR) is 146 cm³/mol. The van der Waals surface area contributed by atoms with Crippen LogP contribution in [0, 0.1) is 5.41 Å². The first kappa shape index (κ1) is 24.4. The molecular formula is C29H34ClN5O2. The van der Waals surface area contributed by atoms with Crippen molar-refractivity contribution in [3.8, 4) is 0 Å². The maximum absolute atomic E-state index is 12.3. The van der Waals surface area contributed by atoms with Crippen molar-refractivity contribution in [2.45, 2.75) is 57.9 Å². The predicted octanol–water partition coefficient (Wildman–Crippen LogP) is 5.73. The van der Waals surface area contributed by atoms with Crippen molar-refractivity contribution in [1.82, 2.24) is 14.9 Å². The van der Waals surface area contributed by atoms with E-state index >= 15 is 0 Å². The third-order valence-electron chi connectivity index (χ3n) is 8.36. The summed E-state index contributed by atoms with van der Waals surface area (Å²) in [6.07, 6.45) is 11.8. The molecule has 3 heterocycles. The minimum atomic E-state index is -0.370. The smallest absolute Gasteiger partial charge is 0.306 e. The first-order valence-corrected chi connectivity index (χ1v) is 13.6. The molecule has 2 aliphatic heterocycles. The number of benzene rings is 1. The number of ether oxygens (including phenoxy) is 1. The Kier molecular flexibility index (Phi) is 6.24. The zero-order chi connectivity index (χ0) is 25.7. The standard InChI is InChI=1S/C29H34ClN5O2/c1-29(13-25(36)37-3)17-35(24-10-5-4-9-22(24)29)27-23(30)14-31-28(33-27)32-21-11-18-7-6-8-19-15-34(2)16-20(12-21)26(18)19/h4,9,11-12,14,19H,5-8,10,13,15-17H2,1-3H3,(H,31,32,33). The molecule has 0 fully saturated rings. The van der Waals surface area contributed by atoms with Crippen molar-refractivity contribution in [2.75, 3.05) is 37.5 Å². The Morgan fingerprint density at radius 3 is 2.97 bits per heavy atom. The number of methoxy groups -OCH3 is 1. The average molecular weight is 520 g/mol. The number of carbonyl (C=O) groups excluding carboxylic acids is 1. The summed E-state index contributed by atoms with van der Waals surface area (Å²) in [5, 5.41) is 3.98. The first-order chi connectivity index (χ1) is 17.8. The lowest BCUT2D eigenvalue weighted by molar-refractivity contribution is -0.142. The van der Waals surface area contributed by atoms with Crippen LogP contribution in [0.1, 0.15) is 61.6 Å². The van der Waals surface area contributed by atoms with Crippen molar-refractivity contribution < 1.29 is 9.53 Å². The van der Waals surface area contributed by atoms with Crippen LogP contribution in [0.4, 0.5) is 17.5 Å². The van der Waals surface area contributed by atoms with Gasteiger partial charge in [-0.1, -0.05) is 30.7 Å². The number of allylic oxidation sites excluding steroid dienone is 3. The number of likely N-dealkylation sites (N-methyl/N-ethyl adjacent to an activating group) is 1. The van der Waals surface area contributed by atoms with Crippen molar-refractivity contribution in [2.24, 2.45) is 5.41 Å². The highest BCUT2D eigenvalue weighted by Crippen LogP contribution is 2.48. The number of nitrogens with one attached hydrogen (secondary N) is 1. The van der Waals surface area contributed by atoms with Gasteiger partial charge < -0.3 is 19.9 Å². The molecule has 0 bridgehead atoms. The van der Waals surface area contributed by atoms with Gasteiger partial charge in [0.25, 0.3) is 0 Å². The van der Waals surface area contributed by atoms with Gasteiger partial charge >= 0.3 is 5.97 Å². The highest BCUT2D eigenvalue weighted by molar-refractivity contribution is 6.33. The first-order valence-electron chi connectivity index (χ1n) is 13.2. The van der Waals surface area contributed by atoms with Gasteiger partial charge in [-0.25, -0.2) is 4.98 Å². The molecule has 6 rings (SSSR count). The molecule has 1 aromatic carbocycles. The van der Waals surface area contributed by atoms with Gasteiger partial charge in [-0.05, 0) is 79.5 Å².